The molecule has 18 heavy (non-hydrogen) atoms. The van der Waals surface area contributed by atoms with Gasteiger partial charge < -0.3 is 29.2 Å². The van der Waals surface area contributed by atoms with E-state index in [4.69, 9.17) is 24.1 Å². The van der Waals surface area contributed by atoms with E-state index in [-0.39, 0.29) is 26.4 Å². The van der Waals surface area contributed by atoms with Gasteiger partial charge >= 0.3 is 0 Å². The Morgan fingerprint density at radius 1 is 1.11 bits per heavy atom. The maximum absolute atomic E-state index is 9.26. The van der Waals surface area contributed by atoms with Gasteiger partial charge in [0.25, 0.3) is 0 Å². The highest BCUT2D eigenvalue weighted by Crippen LogP contribution is 2.37. The smallest absolute Gasteiger partial charge is 0.217 e. The van der Waals surface area contributed by atoms with Crippen LogP contribution in [-0.4, -0.2) is 60.4 Å². The molecule has 102 valence electrons. The van der Waals surface area contributed by atoms with Gasteiger partial charge in [-0.3, -0.25) is 0 Å². The third-order valence-corrected chi connectivity index (χ3v) is 3.13. The Kier molecular flexibility index (Phi) is 3.86. The summed E-state index contributed by atoms with van der Waals surface area (Å²) < 4.78 is 22.2. The average Bonchev–Trinajstić information content (AvgIpc) is 3.04. The zero-order valence-corrected chi connectivity index (χ0v) is 10.1. The molecule has 2 saturated heterocycles. The van der Waals surface area contributed by atoms with Crippen LogP contribution in [0.3, 0.4) is 0 Å². The first-order valence-electron chi connectivity index (χ1n) is 5.76. The SMILES string of the molecule is C=CC1(CO)OCC(C2(C=C)OCC(CO)O2)O1. The van der Waals surface area contributed by atoms with Crippen LogP contribution < -0.4 is 0 Å². The van der Waals surface area contributed by atoms with E-state index in [0.717, 1.165) is 0 Å². The van der Waals surface area contributed by atoms with Crippen molar-refractivity contribution in [3.05, 3.63) is 25.3 Å². The minimum Gasteiger partial charge on any atom is -0.394 e. The molecular weight excluding hydrogens is 240 g/mol. The molecule has 2 N–H and O–H groups in total. The quantitative estimate of drug-likeness (QED) is 0.651. The highest BCUT2D eigenvalue weighted by Gasteiger charge is 2.53. The summed E-state index contributed by atoms with van der Waals surface area (Å²) in [5.41, 5.74) is 0. The summed E-state index contributed by atoms with van der Waals surface area (Å²) in [6, 6.07) is 0. The van der Waals surface area contributed by atoms with Gasteiger partial charge in [0.15, 0.2) is 0 Å². The van der Waals surface area contributed by atoms with Gasteiger partial charge in [0.05, 0.1) is 19.8 Å². The van der Waals surface area contributed by atoms with E-state index in [1.807, 2.05) is 0 Å². The zero-order valence-electron chi connectivity index (χ0n) is 10.1. The van der Waals surface area contributed by atoms with E-state index < -0.39 is 23.8 Å². The Bertz CT molecular complexity index is 333. The number of hydrogen-bond donors (Lipinski definition) is 2. The number of rotatable bonds is 5. The first kappa shape index (κ1) is 13.7. The highest BCUT2D eigenvalue weighted by molar-refractivity contribution is 5.05. The van der Waals surface area contributed by atoms with E-state index in [9.17, 15) is 5.11 Å². The van der Waals surface area contributed by atoms with Gasteiger partial charge in [-0.15, -0.1) is 0 Å². The summed E-state index contributed by atoms with van der Waals surface area (Å²) in [4.78, 5) is 0. The van der Waals surface area contributed by atoms with Crippen LogP contribution in [0.4, 0.5) is 0 Å². The summed E-state index contributed by atoms with van der Waals surface area (Å²) in [6.45, 7) is 7.18. The maximum Gasteiger partial charge on any atom is 0.217 e. The van der Waals surface area contributed by atoms with E-state index in [1.165, 1.54) is 12.2 Å². The van der Waals surface area contributed by atoms with Crippen LogP contribution in [0.1, 0.15) is 0 Å². The lowest BCUT2D eigenvalue weighted by atomic mass is 10.1. The first-order valence-corrected chi connectivity index (χ1v) is 5.76. The van der Waals surface area contributed by atoms with Crippen LogP contribution in [0.25, 0.3) is 0 Å². The van der Waals surface area contributed by atoms with Crippen molar-refractivity contribution in [3.63, 3.8) is 0 Å². The van der Waals surface area contributed by atoms with Crippen LogP contribution in [0.2, 0.25) is 0 Å². The molecule has 0 aromatic carbocycles. The van der Waals surface area contributed by atoms with Crippen molar-refractivity contribution in [2.24, 2.45) is 0 Å². The van der Waals surface area contributed by atoms with Crippen LogP contribution in [0, 0.1) is 0 Å². The average molecular weight is 258 g/mol. The molecule has 2 heterocycles. The summed E-state index contributed by atoms with van der Waals surface area (Å²) in [6.07, 6.45) is 1.88. The fraction of sp³-hybridized carbons (Fsp3) is 0.667. The highest BCUT2D eigenvalue weighted by atomic mass is 16.8. The number of aliphatic hydroxyl groups excluding tert-OH is 2. The summed E-state index contributed by atoms with van der Waals surface area (Å²) in [5.74, 6) is -2.39. The largest absolute Gasteiger partial charge is 0.394 e. The Hall–Kier alpha value is -0.760. The molecule has 2 rings (SSSR count). The van der Waals surface area contributed by atoms with Gasteiger partial charge in [0.1, 0.15) is 18.8 Å². The zero-order chi connectivity index (χ0) is 13.2. The molecule has 4 unspecified atom stereocenters. The van der Waals surface area contributed by atoms with Crippen LogP contribution in [0.15, 0.2) is 25.3 Å². The van der Waals surface area contributed by atoms with Crippen molar-refractivity contribution < 1.29 is 29.2 Å². The van der Waals surface area contributed by atoms with Gasteiger partial charge in [-0.1, -0.05) is 13.2 Å². The molecule has 6 nitrogen and oxygen atoms in total. The second-order valence-corrected chi connectivity index (χ2v) is 4.25. The molecule has 0 radical (unpaired) electrons. The van der Waals surface area contributed by atoms with Gasteiger partial charge in [-0.05, 0) is 12.2 Å². The first-order chi connectivity index (χ1) is 8.63. The Labute approximate surface area is 105 Å². The molecule has 0 aromatic heterocycles. The predicted molar refractivity (Wildman–Crippen MR) is 61.7 cm³/mol. The Morgan fingerprint density at radius 2 is 1.89 bits per heavy atom. The molecule has 0 amide bonds. The molecule has 0 bridgehead atoms. The lowest BCUT2D eigenvalue weighted by molar-refractivity contribution is -0.228. The van der Waals surface area contributed by atoms with Gasteiger partial charge in [0.2, 0.25) is 11.6 Å². The predicted octanol–water partition coefficient (Wildman–Crippen LogP) is -0.434. The third-order valence-electron chi connectivity index (χ3n) is 3.13. The van der Waals surface area contributed by atoms with Crippen molar-refractivity contribution in [1.82, 2.24) is 0 Å². The molecule has 2 fully saturated rings. The van der Waals surface area contributed by atoms with Gasteiger partial charge in [0, 0.05) is 0 Å². The fourth-order valence-electron chi connectivity index (χ4n) is 2.03. The number of hydrogen-bond acceptors (Lipinski definition) is 6. The second kappa shape index (κ2) is 5.08. The molecule has 0 aromatic rings. The standard InChI is InChI=1S/C12H18O6/c1-3-11(8-14)15-7-10(18-11)12(4-2)16-6-9(5-13)17-12/h3-4,9-10,13-14H,1-2,5-8H2. The van der Waals surface area contributed by atoms with Gasteiger partial charge in [-0.25, -0.2) is 0 Å². The lowest BCUT2D eigenvalue weighted by Gasteiger charge is -2.30. The molecule has 0 saturated carbocycles. The molecule has 0 aliphatic carbocycles. The molecule has 4 atom stereocenters. The maximum atomic E-state index is 9.26. The summed E-state index contributed by atoms with van der Waals surface area (Å²) >= 11 is 0. The fourth-order valence-corrected chi connectivity index (χ4v) is 2.03. The summed E-state index contributed by atoms with van der Waals surface area (Å²) in [5, 5.41) is 18.3. The normalized spacial score (nSPS) is 44.1. The van der Waals surface area contributed by atoms with E-state index in [0.29, 0.717) is 0 Å². The minimum atomic E-state index is -1.23. The van der Waals surface area contributed by atoms with E-state index in [2.05, 4.69) is 13.2 Å². The topological polar surface area (TPSA) is 77.4 Å². The molecule has 0 spiro atoms. The van der Waals surface area contributed by atoms with E-state index >= 15 is 0 Å². The minimum absolute atomic E-state index is 0.143. The van der Waals surface area contributed by atoms with Crippen molar-refractivity contribution in [1.29, 1.82) is 0 Å². The van der Waals surface area contributed by atoms with Crippen LogP contribution in [0.5, 0.6) is 0 Å². The number of ether oxygens (including phenoxy) is 4. The van der Waals surface area contributed by atoms with Crippen LogP contribution in [-0.2, 0) is 18.9 Å². The Balaban J connectivity index is 2.12. The molecular formula is C12H18O6. The van der Waals surface area contributed by atoms with Crippen molar-refractivity contribution in [2.75, 3.05) is 26.4 Å². The third kappa shape index (κ3) is 2.11. The Morgan fingerprint density at radius 3 is 2.33 bits per heavy atom. The molecule has 6 heteroatoms. The monoisotopic (exact) mass is 258 g/mol. The molecule has 2 aliphatic heterocycles. The van der Waals surface area contributed by atoms with Gasteiger partial charge in [-0.2, -0.15) is 0 Å². The second-order valence-electron chi connectivity index (χ2n) is 4.25. The van der Waals surface area contributed by atoms with Crippen molar-refractivity contribution in [3.8, 4) is 0 Å². The van der Waals surface area contributed by atoms with Crippen LogP contribution >= 0.6 is 0 Å². The van der Waals surface area contributed by atoms with Crippen molar-refractivity contribution >= 4 is 0 Å². The lowest BCUT2D eigenvalue weighted by Crippen LogP contribution is -2.45. The summed E-state index contributed by atoms with van der Waals surface area (Å²) in [7, 11) is 0. The molecule has 2 aliphatic rings. The van der Waals surface area contributed by atoms with E-state index in [1.54, 1.807) is 0 Å². The number of aliphatic hydroxyl groups is 2. The van der Waals surface area contributed by atoms with Crippen molar-refractivity contribution in [2.45, 2.75) is 23.8 Å².